The molecule has 0 saturated carbocycles. The molecule has 0 aliphatic heterocycles. The van der Waals surface area contributed by atoms with Gasteiger partial charge in [-0.25, -0.2) is 4.98 Å². The summed E-state index contributed by atoms with van der Waals surface area (Å²) in [4.78, 5) is 14.6. The summed E-state index contributed by atoms with van der Waals surface area (Å²) < 4.78 is 2.04. The Morgan fingerprint density at radius 3 is 2.95 bits per heavy atom. The van der Waals surface area contributed by atoms with E-state index in [1.54, 1.807) is 30.7 Å². The number of hydrogen-bond acceptors (Lipinski definition) is 4. The summed E-state index contributed by atoms with van der Waals surface area (Å²) in [6, 6.07) is 6.63. The van der Waals surface area contributed by atoms with Crippen LogP contribution in [0.5, 0.6) is 0 Å². The van der Waals surface area contributed by atoms with Gasteiger partial charge in [-0.15, -0.1) is 0 Å². The van der Waals surface area contributed by atoms with E-state index in [-0.39, 0.29) is 10.6 Å². The highest BCUT2D eigenvalue weighted by molar-refractivity contribution is 5.61. The van der Waals surface area contributed by atoms with E-state index in [0.717, 1.165) is 18.7 Å². The lowest BCUT2D eigenvalue weighted by Crippen LogP contribution is -2.08. The number of aromatic nitrogens is 2. The Morgan fingerprint density at radius 1 is 1.42 bits per heavy atom. The zero-order valence-corrected chi connectivity index (χ0v) is 10.7. The average molecular weight is 260 g/mol. The number of para-hydroxylation sites is 2. The van der Waals surface area contributed by atoms with Crippen LogP contribution in [0.1, 0.15) is 19.0 Å². The van der Waals surface area contributed by atoms with Gasteiger partial charge < -0.3 is 9.88 Å². The zero-order valence-electron chi connectivity index (χ0n) is 10.7. The van der Waals surface area contributed by atoms with E-state index in [2.05, 4.69) is 17.2 Å². The molecule has 0 bridgehead atoms. The maximum absolute atomic E-state index is 10.9. The van der Waals surface area contributed by atoms with Gasteiger partial charge in [0.2, 0.25) is 0 Å². The number of nitrogens with zero attached hydrogens (tertiary/aromatic N) is 3. The lowest BCUT2D eigenvalue weighted by atomic mass is 10.2. The normalized spacial score (nSPS) is 10.4. The second-order valence-corrected chi connectivity index (χ2v) is 4.21. The number of rotatable bonds is 6. The van der Waals surface area contributed by atoms with Crippen molar-refractivity contribution in [2.75, 3.05) is 5.32 Å². The highest BCUT2D eigenvalue weighted by Gasteiger charge is 2.12. The molecule has 1 aromatic carbocycles. The van der Waals surface area contributed by atoms with Crippen LogP contribution < -0.4 is 5.32 Å². The highest BCUT2D eigenvalue weighted by Crippen LogP contribution is 2.23. The largest absolute Gasteiger partial charge is 0.374 e. The molecule has 6 nitrogen and oxygen atoms in total. The molecule has 0 radical (unpaired) electrons. The number of hydrogen-bond donors (Lipinski definition) is 1. The van der Waals surface area contributed by atoms with Gasteiger partial charge in [0, 0.05) is 18.8 Å². The van der Waals surface area contributed by atoms with Gasteiger partial charge in [-0.2, -0.15) is 0 Å². The van der Waals surface area contributed by atoms with Gasteiger partial charge >= 0.3 is 0 Å². The van der Waals surface area contributed by atoms with Crippen molar-refractivity contribution < 1.29 is 4.92 Å². The number of aryl methyl sites for hydroxylation is 1. The molecule has 1 aromatic heterocycles. The summed E-state index contributed by atoms with van der Waals surface area (Å²) in [5, 5.41) is 14.0. The van der Waals surface area contributed by atoms with Crippen LogP contribution in [0, 0.1) is 10.1 Å². The third kappa shape index (κ3) is 3.09. The van der Waals surface area contributed by atoms with Crippen molar-refractivity contribution >= 4 is 11.4 Å². The molecule has 0 atom stereocenters. The van der Waals surface area contributed by atoms with Gasteiger partial charge in [-0.3, -0.25) is 10.1 Å². The van der Waals surface area contributed by atoms with Gasteiger partial charge in [-0.1, -0.05) is 19.1 Å². The van der Waals surface area contributed by atoms with Gasteiger partial charge in [0.15, 0.2) is 0 Å². The smallest absolute Gasteiger partial charge is 0.292 e. The van der Waals surface area contributed by atoms with E-state index in [1.807, 2.05) is 4.57 Å². The Hall–Kier alpha value is -2.37. The van der Waals surface area contributed by atoms with Crippen molar-refractivity contribution in [3.63, 3.8) is 0 Å². The molecular weight excluding hydrogens is 244 g/mol. The Labute approximate surface area is 111 Å². The molecule has 0 aliphatic rings. The molecule has 6 heteroatoms. The topological polar surface area (TPSA) is 73.0 Å². The first-order valence-electron chi connectivity index (χ1n) is 6.18. The summed E-state index contributed by atoms with van der Waals surface area (Å²) in [5.41, 5.74) is 1.63. The predicted molar refractivity (Wildman–Crippen MR) is 72.9 cm³/mol. The lowest BCUT2D eigenvalue weighted by molar-refractivity contribution is -0.384. The number of nitro groups is 1. The van der Waals surface area contributed by atoms with Crippen LogP contribution in [0.4, 0.5) is 11.4 Å². The molecule has 1 N–H and O–H groups in total. The number of imidazole rings is 1. The first kappa shape index (κ1) is 13.1. The van der Waals surface area contributed by atoms with Gasteiger partial charge in [-0.05, 0) is 12.5 Å². The summed E-state index contributed by atoms with van der Waals surface area (Å²) in [6.07, 6.45) is 4.58. The molecule has 1 heterocycles. The molecule has 0 amide bonds. The molecule has 0 unspecified atom stereocenters. The molecule has 2 aromatic rings. The van der Waals surface area contributed by atoms with Crippen molar-refractivity contribution in [3.8, 4) is 0 Å². The molecular formula is C13H16N4O2. The van der Waals surface area contributed by atoms with Crippen LogP contribution in [0.25, 0.3) is 0 Å². The Bertz CT molecular complexity index is 565. The summed E-state index contributed by atoms with van der Waals surface area (Å²) in [5.74, 6) is 0. The Balaban J connectivity index is 2.10. The number of benzene rings is 1. The zero-order chi connectivity index (χ0) is 13.7. The van der Waals surface area contributed by atoms with E-state index in [1.165, 1.54) is 6.07 Å². The third-order valence-corrected chi connectivity index (χ3v) is 2.82. The standard InChI is InChI=1S/C13H16N4O2/c1-2-7-16-10-14-8-11(16)9-15-12-5-3-4-6-13(12)17(18)19/h3-6,8,10,15H,2,7,9H2,1H3. The molecule has 100 valence electrons. The fourth-order valence-corrected chi connectivity index (χ4v) is 1.91. The first-order chi connectivity index (χ1) is 9.22. The van der Waals surface area contributed by atoms with Crippen molar-refractivity contribution in [1.29, 1.82) is 0 Å². The number of nitro benzene ring substituents is 1. The van der Waals surface area contributed by atoms with Crippen LogP contribution in [0.2, 0.25) is 0 Å². The molecule has 0 aliphatic carbocycles. The maximum atomic E-state index is 10.9. The third-order valence-electron chi connectivity index (χ3n) is 2.82. The fraction of sp³-hybridized carbons (Fsp3) is 0.308. The van der Waals surface area contributed by atoms with Crippen LogP contribution in [-0.2, 0) is 13.1 Å². The molecule has 0 spiro atoms. The van der Waals surface area contributed by atoms with Crippen LogP contribution in [0.3, 0.4) is 0 Å². The number of nitrogens with one attached hydrogen (secondary N) is 1. The Kier molecular flexibility index (Phi) is 4.12. The second-order valence-electron chi connectivity index (χ2n) is 4.21. The van der Waals surface area contributed by atoms with Crippen molar-refractivity contribution in [1.82, 2.24) is 9.55 Å². The lowest BCUT2D eigenvalue weighted by Gasteiger charge is -2.09. The molecule has 2 rings (SSSR count). The summed E-state index contributed by atoms with van der Waals surface area (Å²) >= 11 is 0. The van der Waals surface area contributed by atoms with Gasteiger partial charge in [0.05, 0.1) is 23.5 Å². The quantitative estimate of drug-likeness (QED) is 0.640. The van der Waals surface area contributed by atoms with Crippen molar-refractivity contribution in [3.05, 3.63) is 52.6 Å². The minimum Gasteiger partial charge on any atom is -0.374 e. The van der Waals surface area contributed by atoms with Crippen LogP contribution in [-0.4, -0.2) is 14.5 Å². The second kappa shape index (κ2) is 5.99. The van der Waals surface area contributed by atoms with E-state index >= 15 is 0 Å². The van der Waals surface area contributed by atoms with E-state index in [9.17, 15) is 10.1 Å². The van der Waals surface area contributed by atoms with E-state index < -0.39 is 0 Å². The first-order valence-corrected chi connectivity index (χ1v) is 6.18. The SMILES string of the molecule is CCCn1cncc1CNc1ccccc1[N+](=O)[O-]. The monoisotopic (exact) mass is 260 g/mol. The highest BCUT2D eigenvalue weighted by atomic mass is 16.6. The predicted octanol–water partition coefficient (Wildman–Crippen LogP) is 2.81. The fourth-order valence-electron chi connectivity index (χ4n) is 1.91. The van der Waals surface area contributed by atoms with Crippen LogP contribution >= 0.6 is 0 Å². The van der Waals surface area contributed by atoms with Crippen molar-refractivity contribution in [2.45, 2.75) is 26.4 Å². The van der Waals surface area contributed by atoms with Crippen LogP contribution in [0.15, 0.2) is 36.8 Å². The van der Waals surface area contributed by atoms with E-state index in [4.69, 9.17) is 0 Å². The van der Waals surface area contributed by atoms with Gasteiger partial charge in [0.1, 0.15) is 5.69 Å². The molecule has 0 fully saturated rings. The molecule has 19 heavy (non-hydrogen) atoms. The summed E-state index contributed by atoms with van der Waals surface area (Å²) in [7, 11) is 0. The van der Waals surface area contributed by atoms with Crippen molar-refractivity contribution in [2.24, 2.45) is 0 Å². The maximum Gasteiger partial charge on any atom is 0.292 e. The van der Waals surface area contributed by atoms with E-state index in [0.29, 0.717) is 12.2 Å². The molecule has 0 saturated heterocycles. The average Bonchev–Trinajstić information content (AvgIpc) is 2.84. The number of anilines is 1. The van der Waals surface area contributed by atoms with Gasteiger partial charge in [0.25, 0.3) is 5.69 Å². The Morgan fingerprint density at radius 2 is 2.21 bits per heavy atom. The minimum absolute atomic E-state index is 0.0871. The summed E-state index contributed by atoms with van der Waals surface area (Å²) in [6.45, 7) is 3.51. The minimum atomic E-state index is -0.383.